The molecule has 0 heterocycles. The van der Waals surface area contributed by atoms with Crippen molar-refractivity contribution >= 4 is 23.1 Å². The van der Waals surface area contributed by atoms with E-state index in [2.05, 4.69) is 19.6 Å². The van der Waals surface area contributed by atoms with Gasteiger partial charge in [0.1, 0.15) is 0 Å². The molecule has 0 aliphatic heterocycles. The van der Waals surface area contributed by atoms with Crippen molar-refractivity contribution in [2.24, 2.45) is 0 Å². The van der Waals surface area contributed by atoms with Crippen LogP contribution in [0.4, 0.5) is 0 Å². The Kier molecular flexibility index (Phi) is 27.6. The van der Waals surface area contributed by atoms with Crippen molar-refractivity contribution < 1.29 is 17.0 Å². The van der Waals surface area contributed by atoms with Gasteiger partial charge in [-0.3, -0.25) is 0 Å². The molecular weight excluding hydrogens is 200 g/mol. The summed E-state index contributed by atoms with van der Waals surface area (Å²) in [6.45, 7) is 7.20. The zero-order chi connectivity index (χ0) is 6.24. The van der Waals surface area contributed by atoms with Gasteiger partial charge in [0.05, 0.1) is 0 Å². The van der Waals surface area contributed by atoms with Crippen molar-refractivity contribution in [2.45, 2.75) is 19.3 Å². The fourth-order valence-electron chi connectivity index (χ4n) is 0.498. The largest absolute Gasteiger partial charge is 2.00 e. The van der Waals surface area contributed by atoms with E-state index in [1.54, 1.807) is 0 Å². The third-order valence-corrected chi connectivity index (χ3v) is 0.946. The summed E-state index contributed by atoms with van der Waals surface area (Å²) in [6, 6.07) is 0. The number of hydrogen-bond acceptors (Lipinski definition) is 0. The van der Waals surface area contributed by atoms with E-state index < -0.39 is 0 Å². The number of hydrogen-bond donors (Lipinski definition) is 0. The van der Waals surface area contributed by atoms with Crippen LogP contribution in [0.1, 0.15) is 19.3 Å². The van der Waals surface area contributed by atoms with E-state index >= 15 is 0 Å². The fraction of sp³-hybridized carbons (Fsp3) is 0.375. The van der Waals surface area contributed by atoms with E-state index in [9.17, 15) is 0 Å². The van der Waals surface area contributed by atoms with Gasteiger partial charge in [0.25, 0.3) is 0 Å². The Bertz CT molecular complexity index is 79.3. The molecule has 0 rings (SSSR count). The number of halogens is 1. The van der Waals surface area contributed by atoms with Crippen molar-refractivity contribution in [3.63, 3.8) is 0 Å². The van der Waals surface area contributed by atoms with Crippen LogP contribution in [0.5, 0.6) is 0 Å². The van der Waals surface area contributed by atoms with E-state index in [1.165, 1.54) is 6.42 Å². The van der Waals surface area contributed by atoms with E-state index in [-0.39, 0.29) is 40.0 Å². The standard InChI is InChI=1S/C8H13.BrH.Mg/c1-3-5-7-8-6-4-2;;/h3-5H,1-2,6-8H2;1H;/q-1;;+2/p-1. The molecule has 0 bridgehead atoms. The molecule has 0 N–H and O–H groups in total. The minimum Gasteiger partial charge on any atom is -1.00 e. The molecule has 0 atom stereocenters. The molecule has 0 aliphatic rings. The van der Waals surface area contributed by atoms with Crippen LogP contribution in [0.3, 0.4) is 0 Å². The predicted octanol–water partition coefficient (Wildman–Crippen LogP) is -0.644. The Labute approximate surface area is 90.7 Å². The summed E-state index contributed by atoms with van der Waals surface area (Å²) < 4.78 is 0. The van der Waals surface area contributed by atoms with Crippen LogP contribution >= 0.6 is 0 Å². The summed E-state index contributed by atoms with van der Waals surface area (Å²) in [6.07, 6.45) is 9.30. The summed E-state index contributed by atoms with van der Waals surface area (Å²) in [5.74, 6) is 0. The average Bonchev–Trinajstić information content (AvgIpc) is 1.81. The normalized spacial score (nSPS) is 8.00. The van der Waals surface area contributed by atoms with Crippen LogP contribution in [-0.4, -0.2) is 23.1 Å². The Hall–Kier alpha value is 0.596. The minimum absolute atomic E-state index is 0. The fourth-order valence-corrected chi connectivity index (χ4v) is 0.498. The predicted molar refractivity (Wildman–Crippen MR) is 44.3 cm³/mol. The first-order valence-electron chi connectivity index (χ1n) is 2.97. The van der Waals surface area contributed by atoms with Crippen molar-refractivity contribution in [3.8, 4) is 0 Å². The van der Waals surface area contributed by atoms with Crippen molar-refractivity contribution in [3.05, 3.63) is 31.7 Å². The van der Waals surface area contributed by atoms with Crippen molar-refractivity contribution in [1.82, 2.24) is 0 Å². The Morgan fingerprint density at radius 2 is 1.90 bits per heavy atom. The molecule has 2 heteroatoms. The second-order valence-electron chi connectivity index (χ2n) is 1.69. The summed E-state index contributed by atoms with van der Waals surface area (Å²) in [4.78, 5) is 0. The molecule has 0 aromatic carbocycles. The minimum atomic E-state index is 0. The summed E-state index contributed by atoms with van der Waals surface area (Å²) in [5.41, 5.74) is 0. The molecule has 0 amide bonds. The van der Waals surface area contributed by atoms with Gasteiger partial charge in [0.2, 0.25) is 0 Å². The average molecular weight is 213 g/mol. The summed E-state index contributed by atoms with van der Waals surface area (Å²) >= 11 is 0. The van der Waals surface area contributed by atoms with Gasteiger partial charge in [-0.1, -0.05) is 12.5 Å². The second-order valence-corrected chi connectivity index (χ2v) is 1.69. The van der Waals surface area contributed by atoms with Gasteiger partial charge < -0.3 is 17.0 Å². The van der Waals surface area contributed by atoms with E-state index in [0.717, 1.165) is 12.8 Å². The third-order valence-electron chi connectivity index (χ3n) is 0.946. The first-order chi connectivity index (χ1) is 3.91. The molecule has 54 valence electrons. The van der Waals surface area contributed by atoms with Gasteiger partial charge in [0.15, 0.2) is 0 Å². The van der Waals surface area contributed by atoms with Gasteiger partial charge in [0, 0.05) is 0 Å². The summed E-state index contributed by atoms with van der Waals surface area (Å²) in [5, 5.41) is 0. The molecule has 0 unspecified atom stereocenters. The molecule has 0 saturated heterocycles. The monoisotopic (exact) mass is 212 g/mol. The second kappa shape index (κ2) is 16.3. The number of rotatable bonds is 4. The Morgan fingerprint density at radius 1 is 1.30 bits per heavy atom. The van der Waals surface area contributed by atoms with Gasteiger partial charge in [-0.15, -0.1) is 13.0 Å². The van der Waals surface area contributed by atoms with E-state index in [1.807, 2.05) is 12.2 Å². The maximum Gasteiger partial charge on any atom is 2.00 e. The molecule has 10 heavy (non-hydrogen) atoms. The summed E-state index contributed by atoms with van der Waals surface area (Å²) in [7, 11) is 0. The van der Waals surface area contributed by atoms with E-state index in [4.69, 9.17) is 0 Å². The molecule has 0 spiro atoms. The van der Waals surface area contributed by atoms with Crippen LogP contribution in [-0.2, 0) is 0 Å². The zero-order valence-corrected chi connectivity index (χ0v) is 9.35. The maximum atomic E-state index is 3.62. The quantitative estimate of drug-likeness (QED) is 0.252. The number of allylic oxidation sites excluding steroid dienone is 3. The first-order valence-corrected chi connectivity index (χ1v) is 2.97. The Morgan fingerprint density at radius 3 is 2.30 bits per heavy atom. The van der Waals surface area contributed by atoms with Crippen molar-refractivity contribution in [1.29, 1.82) is 0 Å². The molecule has 0 saturated carbocycles. The molecule has 0 fully saturated rings. The maximum absolute atomic E-state index is 3.62. The van der Waals surface area contributed by atoms with Crippen LogP contribution in [0.15, 0.2) is 24.8 Å². The van der Waals surface area contributed by atoms with Crippen LogP contribution in [0.25, 0.3) is 0 Å². The zero-order valence-electron chi connectivity index (χ0n) is 6.35. The van der Waals surface area contributed by atoms with Crippen molar-refractivity contribution in [2.75, 3.05) is 0 Å². The van der Waals surface area contributed by atoms with Crippen LogP contribution in [0.2, 0.25) is 0 Å². The molecule has 0 aromatic heterocycles. The Balaban J connectivity index is -0.000000245. The van der Waals surface area contributed by atoms with Gasteiger partial charge in [-0.25, -0.2) is 19.1 Å². The number of unbranched alkanes of at least 4 members (excludes halogenated alkanes) is 2. The van der Waals surface area contributed by atoms with Crippen LogP contribution < -0.4 is 17.0 Å². The molecule has 0 nitrogen and oxygen atoms in total. The first kappa shape index (κ1) is 16.9. The topological polar surface area (TPSA) is 0 Å². The van der Waals surface area contributed by atoms with E-state index in [0.29, 0.717) is 0 Å². The molecular formula is C8H13BrMg. The smallest absolute Gasteiger partial charge is 1.00 e. The SMILES string of the molecule is C=CCCCC=C[CH2-].[Br-].[Mg+2]. The molecule has 0 aromatic rings. The van der Waals surface area contributed by atoms with Crippen LogP contribution in [0, 0.1) is 6.92 Å². The molecule has 0 radical (unpaired) electrons. The van der Waals surface area contributed by atoms with Gasteiger partial charge >= 0.3 is 23.1 Å². The molecule has 0 aliphatic carbocycles. The van der Waals surface area contributed by atoms with Gasteiger partial charge in [-0.05, 0) is 6.42 Å². The van der Waals surface area contributed by atoms with Gasteiger partial charge in [-0.2, -0.15) is 0 Å². The third kappa shape index (κ3) is 15.8.